The number of benzene rings is 1. The third-order valence-electron chi connectivity index (χ3n) is 2.90. The highest BCUT2D eigenvalue weighted by atomic mass is 32.1. The molecule has 0 spiro atoms. The molecule has 90 valence electrons. The Morgan fingerprint density at radius 1 is 1.25 bits per heavy atom. The fourth-order valence-electron chi connectivity index (χ4n) is 1.65. The minimum absolute atomic E-state index is 0.224. The van der Waals surface area contributed by atoms with E-state index < -0.39 is 0 Å². The van der Waals surface area contributed by atoms with E-state index in [0.29, 0.717) is 0 Å². The maximum Gasteiger partial charge on any atom is 0.0414 e. The molecule has 0 saturated carbocycles. The summed E-state index contributed by atoms with van der Waals surface area (Å²) >= 11 is 4.29. The Balaban J connectivity index is 3.00. The van der Waals surface area contributed by atoms with Gasteiger partial charge in [0.05, 0.1) is 0 Å². The monoisotopic (exact) mass is 237 g/mol. The average molecular weight is 237 g/mol. The van der Waals surface area contributed by atoms with Gasteiger partial charge in [-0.1, -0.05) is 39.0 Å². The van der Waals surface area contributed by atoms with Gasteiger partial charge in [-0.3, -0.25) is 4.90 Å². The van der Waals surface area contributed by atoms with Gasteiger partial charge in [-0.15, -0.1) is 0 Å². The normalized spacial score (nSPS) is 12.2. The van der Waals surface area contributed by atoms with Gasteiger partial charge < -0.3 is 0 Å². The molecule has 0 fully saturated rings. The van der Waals surface area contributed by atoms with E-state index in [1.807, 2.05) is 0 Å². The van der Waals surface area contributed by atoms with E-state index in [1.54, 1.807) is 0 Å². The zero-order chi connectivity index (χ0) is 12.3. The average Bonchev–Trinajstić information content (AvgIpc) is 2.19. The molecule has 0 N–H and O–H groups in total. The molecule has 2 heteroatoms. The van der Waals surface area contributed by atoms with Gasteiger partial charge in [0.25, 0.3) is 0 Å². The molecule has 0 unspecified atom stereocenters. The molecular weight excluding hydrogens is 214 g/mol. The lowest BCUT2D eigenvalue weighted by molar-refractivity contribution is 0.386. The van der Waals surface area contributed by atoms with Gasteiger partial charge >= 0.3 is 0 Å². The van der Waals surface area contributed by atoms with Gasteiger partial charge in [-0.05, 0) is 36.1 Å². The second-order valence-electron chi connectivity index (χ2n) is 5.55. The van der Waals surface area contributed by atoms with Gasteiger partial charge in [0.2, 0.25) is 0 Å². The van der Waals surface area contributed by atoms with Gasteiger partial charge in [0.1, 0.15) is 0 Å². The number of thiol groups is 1. The molecule has 0 amide bonds. The molecule has 0 bridgehead atoms. The highest BCUT2D eigenvalue weighted by molar-refractivity contribution is 7.80. The summed E-state index contributed by atoms with van der Waals surface area (Å²) in [7, 11) is 2.09. The van der Waals surface area contributed by atoms with Crippen LogP contribution in [0.2, 0.25) is 0 Å². The van der Waals surface area contributed by atoms with Crippen LogP contribution in [0.5, 0.6) is 0 Å². The molecule has 1 aromatic carbocycles. The maximum absolute atomic E-state index is 4.29. The zero-order valence-electron chi connectivity index (χ0n) is 11.0. The van der Waals surface area contributed by atoms with Gasteiger partial charge in [-0.2, -0.15) is 12.6 Å². The van der Waals surface area contributed by atoms with Crippen molar-refractivity contribution in [3.63, 3.8) is 0 Å². The minimum Gasteiger partial charge on any atom is -0.293 e. The predicted octanol–water partition coefficient (Wildman–Crippen LogP) is 3.61. The molecule has 0 aliphatic carbocycles. The van der Waals surface area contributed by atoms with Crippen molar-refractivity contribution in [2.75, 3.05) is 12.9 Å². The van der Waals surface area contributed by atoms with Crippen molar-refractivity contribution in [1.29, 1.82) is 0 Å². The van der Waals surface area contributed by atoms with Crippen LogP contribution >= 0.6 is 12.6 Å². The first-order chi connectivity index (χ1) is 7.34. The van der Waals surface area contributed by atoms with E-state index >= 15 is 0 Å². The van der Waals surface area contributed by atoms with E-state index in [4.69, 9.17) is 0 Å². The van der Waals surface area contributed by atoms with Gasteiger partial charge in [0, 0.05) is 12.4 Å². The molecule has 0 saturated heterocycles. The van der Waals surface area contributed by atoms with E-state index in [-0.39, 0.29) is 5.41 Å². The summed E-state index contributed by atoms with van der Waals surface area (Å²) in [6, 6.07) is 6.79. The standard InChI is InChI=1S/C14H23NS/c1-11-6-7-13(14(2,3)4)8-12(11)9-15(5)10-16/h6-8,16H,9-10H2,1-5H3. The van der Waals surface area contributed by atoms with Crippen molar-refractivity contribution in [3.05, 3.63) is 34.9 Å². The van der Waals surface area contributed by atoms with E-state index in [1.165, 1.54) is 16.7 Å². The highest BCUT2D eigenvalue weighted by Crippen LogP contribution is 2.24. The molecule has 1 nitrogen and oxygen atoms in total. The van der Waals surface area contributed by atoms with E-state index in [0.717, 1.165) is 12.4 Å². The molecule has 0 aliphatic rings. The molecule has 16 heavy (non-hydrogen) atoms. The SMILES string of the molecule is Cc1ccc(C(C)(C)C)cc1CN(C)CS. The quantitative estimate of drug-likeness (QED) is 0.621. The Bertz CT molecular complexity index is 352. The Labute approximate surface area is 105 Å². The lowest BCUT2D eigenvalue weighted by atomic mass is 9.85. The molecule has 1 rings (SSSR count). The second-order valence-corrected chi connectivity index (χ2v) is 5.83. The molecule has 0 aromatic heterocycles. The summed E-state index contributed by atoms with van der Waals surface area (Å²) in [4.78, 5) is 2.21. The van der Waals surface area contributed by atoms with E-state index in [2.05, 4.69) is 70.5 Å². The van der Waals surface area contributed by atoms with Crippen LogP contribution in [0, 0.1) is 6.92 Å². The van der Waals surface area contributed by atoms with Crippen molar-refractivity contribution in [2.45, 2.75) is 39.7 Å². The zero-order valence-corrected chi connectivity index (χ0v) is 11.9. The third-order valence-corrected chi connectivity index (χ3v) is 3.38. The highest BCUT2D eigenvalue weighted by Gasteiger charge is 2.14. The summed E-state index contributed by atoms with van der Waals surface area (Å²) in [6.45, 7) is 9.91. The topological polar surface area (TPSA) is 3.24 Å². The Morgan fingerprint density at radius 3 is 2.38 bits per heavy atom. The number of rotatable bonds is 3. The van der Waals surface area contributed by atoms with E-state index in [9.17, 15) is 0 Å². The van der Waals surface area contributed by atoms with Crippen LogP contribution in [0.15, 0.2) is 18.2 Å². The van der Waals surface area contributed by atoms with Crippen molar-refractivity contribution in [1.82, 2.24) is 4.90 Å². The Kier molecular flexibility index (Phi) is 4.45. The molecular formula is C14H23NS. The van der Waals surface area contributed by atoms with Crippen LogP contribution in [0.25, 0.3) is 0 Å². The smallest absolute Gasteiger partial charge is 0.0414 e. The first-order valence-electron chi connectivity index (χ1n) is 5.74. The molecule has 0 radical (unpaired) electrons. The largest absolute Gasteiger partial charge is 0.293 e. The summed E-state index contributed by atoms with van der Waals surface area (Å²) in [5, 5.41) is 0. The van der Waals surface area contributed by atoms with Gasteiger partial charge in [-0.25, -0.2) is 0 Å². The fourth-order valence-corrected chi connectivity index (χ4v) is 1.75. The van der Waals surface area contributed by atoms with Crippen LogP contribution < -0.4 is 0 Å². The Morgan fingerprint density at radius 2 is 1.88 bits per heavy atom. The molecule has 0 atom stereocenters. The van der Waals surface area contributed by atoms with Crippen LogP contribution in [-0.4, -0.2) is 17.8 Å². The van der Waals surface area contributed by atoms with Crippen LogP contribution in [0.3, 0.4) is 0 Å². The summed E-state index contributed by atoms with van der Waals surface area (Å²) in [5.74, 6) is 0.791. The second kappa shape index (κ2) is 5.24. The first kappa shape index (κ1) is 13.6. The molecule has 0 aliphatic heterocycles. The van der Waals surface area contributed by atoms with Crippen molar-refractivity contribution >= 4 is 12.6 Å². The number of nitrogens with zero attached hydrogens (tertiary/aromatic N) is 1. The lowest BCUT2D eigenvalue weighted by Gasteiger charge is -2.22. The Hall–Kier alpha value is -0.470. The predicted molar refractivity (Wildman–Crippen MR) is 75.2 cm³/mol. The third kappa shape index (κ3) is 3.53. The van der Waals surface area contributed by atoms with Crippen LogP contribution in [-0.2, 0) is 12.0 Å². The summed E-state index contributed by atoms with van der Waals surface area (Å²) in [6.07, 6.45) is 0. The number of hydrogen-bond acceptors (Lipinski definition) is 2. The summed E-state index contributed by atoms with van der Waals surface area (Å²) < 4.78 is 0. The van der Waals surface area contributed by atoms with Crippen molar-refractivity contribution < 1.29 is 0 Å². The summed E-state index contributed by atoms with van der Waals surface area (Å²) in [5.41, 5.74) is 4.40. The number of aryl methyl sites for hydroxylation is 1. The minimum atomic E-state index is 0.224. The molecule has 0 heterocycles. The fraction of sp³-hybridized carbons (Fsp3) is 0.571. The van der Waals surface area contributed by atoms with Crippen LogP contribution in [0.4, 0.5) is 0 Å². The first-order valence-corrected chi connectivity index (χ1v) is 6.37. The van der Waals surface area contributed by atoms with Crippen LogP contribution in [0.1, 0.15) is 37.5 Å². The maximum atomic E-state index is 4.29. The lowest BCUT2D eigenvalue weighted by Crippen LogP contribution is -2.18. The van der Waals surface area contributed by atoms with Crippen molar-refractivity contribution in [2.24, 2.45) is 0 Å². The van der Waals surface area contributed by atoms with Crippen molar-refractivity contribution in [3.8, 4) is 0 Å². The number of hydrogen-bond donors (Lipinski definition) is 1. The molecule has 1 aromatic rings. The van der Waals surface area contributed by atoms with Gasteiger partial charge in [0.15, 0.2) is 0 Å².